The molecule has 3 rings (SSSR count). The molecular formula is C21H26N4O2. The summed E-state index contributed by atoms with van der Waals surface area (Å²) in [6.07, 6.45) is 0. The quantitative estimate of drug-likeness (QED) is 0.904. The maximum atomic E-state index is 12.5. The van der Waals surface area contributed by atoms with Crippen LogP contribution in [0.1, 0.15) is 17.3 Å². The predicted molar refractivity (Wildman–Crippen MR) is 110 cm³/mol. The average Bonchev–Trinajstić information content (AvgIpc) is 2.68. The summed E-state index contributed by atoms with van der Waals surface area (Å²) in [6, 6.07) is 15.4. The number of benzene rings is 2. The number of nitrogens with one attached hydrogen (secondary N) is 1. The van der Waals surface area contributed by atoms with Crippen LogP contribution in [0.3, 0.4) is 0 Å². The Morgan fingerprint density at radius 1 is 0.963 bits per heavy atom. The first-order chi connectivity index (χ1) is 12.9. The zero-order chi connectivity index (χ0) is 19.4. The minimum atomic E-state index is -0.124. The van der Waals surface area contributed by atoms with Crippen molar-refractivity contribution in [2.75, 3.05) is 55.4 Å². The van der Waals surface area contributed by atoms with Crippen LogP contribution in [-0.4, -0.2) is 57.0 Å². The number of nitrogens with zero attached hydrogens (tertiary/aromatic N) is 3. The molecule has 2 amide bonds. The molecule has 0 saturated carbocycles. The van der Waals surface area contributed by atoms with Crippen LogP contribution in [0.5, 0.6) is 0 Å². The van der Waals surface area contributed by atoms with Gasteiger partial charge in [-0.1, -0.05) is 6.07 Å². The minimum Gasteiger partial charge on any atom is -0.378 e. The fourth-order valence-electron chi connectivity index (χ4n) is 3.16. The normalized spacial score (nSPS) is 14.0. The zero-order valence-corrected chi connectivity index (χ0v) is 16.1. The van der Waals surface area contributed by atoms with Crippen molar-refractivity contribution >= 4 is 28.9 Å². The van der Waals surface area contributed by atoms with Crippen molar-refractivity contribution in [2.24, 2.45) is 0 Å². The van der Waals surface area contributed by atoms with E-state index in [1.165, 1.54) is 0 Å². The molecule has 1 saturated heterocycles. The molecule has 1 N–H and O–H groups in total. The molecule has 0 bridgehead atoms. The Bertz CT molecular complexity index is 809. The molecule has 1 heterocycles. The summed E-state index contributed by atoms with van der Waals surface area (Å²) < 4.78 is 0. The molecular weight excluding hydrogens is 340 g/mol. The highest BCUT2D eigenvalue weighted by Crippen LogP contribution is 2.21. The summed E-state index contributed by atoms with van der Waals surface area (Å²) in [5.41, 5.74) is 3.49. The van der Waals surface area contributed by atoms with Crippen LogP contribution in [-0.2, 0) is 4.79 Å². The van der Waals surface area contributed by atoms with Crippen molar-refractivity contribution in [3.63, 3.8) is 0 Å². The number of hydrogen-bond acceptors (Lipinski definition) is 4. The first-order valence-electron chi connectivity index (χ1n) is 9.13. The lowest BCUT2D eigenvalue weighted by Crippen LogP contribution is -2.48. The summed E-state index contributed by atoms with van der Waals surface area (Å²) in [6.45, 7) is 4.75. The van der Waals surface area contributed by atoms with Gasteiger partial charge in [0.15, 0.2) is 0 Å². The average molecular weight is 366 g/mol. The second kappa shape index (κ2) is 8.12. The molecule has 2 aromatic carbocycles. The Labute approximate surface area is 160 Å². The Morgan fingerprint density at radius 3 is 2.22 bits per heavy atom. The number of carbonyl (C=O) groups excluding carboxylic acids is 2. The van der Waals surface area contributed by atoms with Crippen molar-refractivity contribution in [1.29, 1.82) is 0 Å². The number of anilines is 3. The van der Waals surface area contributed by atoms with Crippen molar-refractivity contribution < 1.29 is 9.59 Å². The lowest BCUT2D eigenvalue weighted by molar-refractivity contribution is -0.129. The van der Waals surface area contributed by atoms with Crippen LogP contribution in [0.25, 0.3) is 0 Å². The fourth-order valence-corrected chi connectivity index (χ4v) is 3.16. The van der Waals surface area contributed by atoms with Crippen LogP contribution >= 0.6 is 0 Å². The van der Waals surface area contributed by atoms with Crippen molar-refractivity contribution in [2.45, 2.75) is 6.92 Å². The number of hydrogen-bond donors (Lipinski definition) is 1. The highest BCUT2D eigenvalue weighted by Gasteiger charge is 2.18. The molecule has 0 spiro atoms. The molecule has 1 fully saturated rings. The molecule has 0 aliphatic carbocycles. The van der Waals surface area contributed by atoms with Gasteiger partial charge in [-0.2, -0.15) is 0 Å². The summed E-state index contributed by atoms with van der Waals surface area (Å²) in [4.78, 5) is 30.0. The lowest BCUT2D eigenvalue weighted by atomic mass is 10.1. The summed E-state index contributed by atoms with van der Waals surface area (Å²) in [7, 11) is 3.90. The van der Waals surface area contributed by atoms with Crippen molar-refractivity contribution in [1.82, 2.24) is 4.90 Å². The molecule has 6 heteroatoms. The minimum absolute atomic E-state index is 0.124. The van der Waals surface area contributed by atoms with E-state index < -0.39 is 0 Å². The van der Waals surface area contributed by atoms with E-state index in [0.29, 0.717) is 5.56 Å². The van der Waals surface area contributed by atoms with E-state index in [-0.39, 0.29) is 11.8 Å². The highest BCUT2D eigenvalue weighted by atomic mass is 16.2. The molecule has 0 unspecified atom stereocenters. The van der Waals surface area contributed by atoms with E-state index in [4.69, 9.17) is 0 Å². The standard InChI is InChI=1S/C21H26N4O2/c1-16(26)24-11-13-25(14-12-24)19-9-7-18(8-10-19)22-21(27)17-5-4-6-20(15-17)23(2)3/h4-10,15H,11-14H2,1-3H3,(H,22,27). The van der Waals surface area contributed by atoms with Gasteiger partial charge in [-0.3, -0.25) is 9.59 Å². The highest BCUT2D eigenvalue weighted by molar-refractivity contribution is 6.04. The van der Waals surface area contributed by atoms with Gasteiger partial charge >= 0.3 is 0 Å². The predicted octanol–water partition coefficient (Wildman–Crippen LogP) is 2.67. The SMILES string of the molecule is CC(=O)N1CCN(c2ccc(NC(=O)c3cccc(N(C)C)c3)cc2)CC1. The maximum Gasteiger partial charge on any atom is 0.255 e. The molecule has 142 valence electrons. The van der Waals surface area contributed by atoms with E-state index in [2.05, 4.69) is 10.2 Å². The summed E-state index contributed by atoms with van der Waals surface area (Å²) in [5.74, 6) is 0.00701. The smallest absolute Gasteiger partial charge is 0.255 e. The van der Waals surface area contributed by atoms with Crippen LogP contribution in [0, 0.1) is 0 Å². The van der Waals surface area contributed by atoms with Crippen LogP contribution in [0.4, 0.5) is 17.1 Å². The number of carbonyl (C=O) groups is 2. The number of amides is 2. The van der Waals surface area contributed by atoms with E-state index >= 15 is 0 Å². The molecule has 2 aromatic rings. The summed E-state index contributed by atoms with van der Waals surface area (Å²) >= 11 is 0. The fraction of sp³-hybridized carbons (Fsp3) is 0.333. The van der Waals surface area contributed by atoms with Gasteiger partial charge in [-0.25, -0.2) is 0 Å². The van der Waals surface area contributed by atoms with Crippen LogP contribution in [0.15, 0.2) is 48.5 Å². The Hall–Kier alpha value is -3.02. The van der Waals surface area contributed by atoms with Gasteiger partial charge in [0, 0.05) is 69.8 Å². The Balaban J connectivity index is 1.62. The van der Waals surface area contributed by atoms with Crippen LogP contribution in [0.2, 0.25) is 0 Å². The van der Waals surface area contributed by atoms with Gasteiger partial charge in [-0.05, 0) is 42.5 Å². The molecule has 6 nitrogen and oxygen atoms in total. The molecule has 0 aromatic heterocycles. The first kappa shape index (κ1) is 18.8. The zero-order valence-electron chi connectivity index (χ0n) is 16.1. The number of rotatable bonds is 4. The number of piperazine rings is 1. The van der Waals surface area contributed by atoms with Gasteiger partial charge < -0.3 is 20.0 Å². The third kappa shape index (κ3) is 4.58. The van der Waals surface area contributed by atoms with E-state index in [9.17, 15) is 9.59 Å². The van der Waals surface area contributed by atoms with Gasteiger partial charge in [0.25, 0.3) is 5.91 Å². The molecule has 1 aliphatic rings. The molecule has 27 heavy (non-hydrogen) atoms. The topological polar surface area (TPSA) is 55.9 Å². The van der Waals surface area contributed by atoms with Crippen molar-refractivity contribution in [3.8, 4) is 0 Å². The second-order valence-electron chi connectivity index (χ2n) is 6.94. The Morgan fingerprint density at radius 2 is 1.63 bits per heavy atom. The van der Waals surface area contributed by atoms with Gasteiger partial charge in [0.1, 0.15) is 0 Å². The third-order valence-electron chi connectivity index (χ3n) is 4.84. The van der Waals surface area contributed by atoms with Gasteiger partial charge in [-0.15, -0.1) is 0 Å². The van der Waals surface area contributed by atoms with E-state index in [1.54, 1.807) is 6.92 Å². The van der Waals surface area contributed by atoms with Crippen LogP contribution < -0.4 is 15.1 Å². The first-order valence-corrected chi connectivity index (χ1v) is 9.13. The van der Waals surface area contributed by atoms with E-state index in [0.717, 1.165) is 43.2 Å². The lowest BCUT2D eigenvalue weighted by Gasteiger charge is -2.35. The molecule has 1 aliphatic heterocycles. The third-order valence-corrected chi connectivity index (χ3v) is 4.84. The Kier molecular flexibility index (Phi) is 5.64. The van der Waals surface area contributed by atoms with Gasteiger partial charge in [0.2, 0.25) is 5.91 Å². The maximum absolute atomic E-state index is 12.5. The second-order valence-corrected chi connectivity index (χ2v) is 6.94. The van der Waals surface area contributed by atoms with Gasteiger partial charge in [0.05, 0.1) is 0 Å². The largest absolute Gasteiger partial charge is 0.378 e. The molecule has 0 radical (unpaired) electrons. The molecule has 0 atom stereocenters. The summed E-state index contributed by atoms with van der Waals surface area (Å²) in [5, 5.41) is 2.95. The van der Waals surface area contributed by atoms with E-state index in [1.807, 2.05) is 72.4 Å². The monoisotopic (exact) mass is 366 g/mol. The van der Waals surface area contributed by atoms with Crippen molar-refractivity contribution in [3.05, 3.63) is 54.1 Å².